The molecule has 0 aliphatic heterocycles. The molecule has 0 saturated carbocycles. The van der Waals surface area contributed by atoms with Gasteiger partial charge >= 0.3 is 0 Å². The number of halogens is 2. The molecular weight excluding hydrogens is 474 g/mol. The van der Waals surface area contributed by atoms with Gasteiger partial charge in [0.05, 0.1) is 30.7 Å². The maximum atomic E-state index is 13.5. The van der Waals surface area contributed by atoms with Crippen LogP contribution in [-0.2, 0) is 4.79 Å². The highest BCUT2D eigenvalue weighted by atomic mass is 32.2. The first-order valence-corrected chi connectivity index (χ1v) is 11.4. The third-order valence-corrected chi connectivity index (χ3v) is 6.19. The van der Waals surface area contributed by atoms with Crippen LogP contribution in [0, 0.1) is 11.6 Å². The topological polar surface area (TPSA) is 78.3 Å². The summed E-state index contributed by atoms with van der Waals surface area (Å²) in [4.78, 5) is 12.8. The van der Waals surface area contributed by atoms with Crippen molar-refractivity contribution < 1.29 is 23.0 Å². The zero-order valence-electron chi connectivity index (χ0n) is 19.2. The lowest BCUT2D eigenvalue weighted by Gasteiger charge is -2.15. The number of nitrogens with zero attached hydrogens (tertiary/aromatic N) is 3. The molecule has 0 saturated heterocycles. The van der Waals surface area contributed by atoms with E-state index in [0.717, 1.165) is 23.4 Å². The average Bonchev–Trinajstić information content (AvgIpc) is 3.29. The van der Waals surface area contributed by atoms with Gasteiger partial charge in [0.2, 0.25) is 5.91 Å². The van der Waals surface area contributed by atoms with Gasteiger partial charge in [-0.1, -0.05) is 23.9 Å². The number of carbonyl (C=O) groups is 1. The lowest BCUT2D eigenvalue weighted by Crippen LogP contribution is -2.23. The number of amides is 1. The Balaban J connectivity index is 1.67. The van der Waals surface area contributed by atoms with Crippen LogP contribution in [0.1, 0.15) is 6.92 Å². The van der Waals surface area contributed by atoms with Crippen molar-refractivity contribution >= 4 is 23.4 Å². The molecule has 1 heterocycles. The second-order valence-electron chi connectivity index (χ2n) is 7.42. The lowest BCUT2D eigenvalue weighted by atomic mass is 10.2. The van der Waals surface area contributed by atoms with Gasteiger partial charge in [-0.05, 0) is 55.5 Å². The zero-order valence-corrected chi connectivity index (χ0v) is 20.0. The second-order valence-corrected chi connectivity index (χ2v) is 8.73. The molecule has 4 aromatic rings. The molecule has 0 aliphatic carbocycles. The molecule has 35 heavy (non-hydrogen) atoms. The summed E-state index contributed by atoms with van der Waals surface area (Å²) < 4.78 is 39.3. The van der Waals surface area contributed by atoms with Gasteiger partial charge in [-0.25, -0.2) is 8.78 Å². The molecule has 180 valence electrons. The molecule has 1 N–H and O–H groups in total. The minimum atomic E-state index is -1.04. The van der Waals surface area contributed by atoms with Crippen LogP contribution in [0.25, 0.3) is 17.1 Å². The number of hydrogen-bond acceptors (Lipinski definition) is 6. The van der Waals surface area contributed by atoms with E-state index in [4.69, 9.17) is 9.47 Å². The number of ether oxygens (including phenoxy) is 2. The summed E-state index contributed by atoms with van der Waals surface area (Å²) >= 11 is 1.18. The molecule has 1 atom stereocenters. The Morgan fingerprint density at radius 2 is 1.71 bits per heavy atom. The molecule has 0 fully saturated rings. The Labute approximate surface area is 205 Å². The highest BCUT2D eigenvalue weighted by Crippen LogP contribution is 2.35. The largest absolute Gasteiger partial charge is 0.497 e. The van der Waals surface area contributed by atoms with E-state index < -0.39 is 22.8 Å². The van der Waals surface area contributed by atoms with Crippen molar-refractivity contribution in [3.8, 4) is 28.6 Å². The Morgan fingerprint density at radius 1 is 0.971 bits per heavy atom. The molecule has 1 aromatic heterocycles. The Hall–Kier alpha value is -3.92. The Bertz CT molecular complexity index is 1350. The third kappa shape index (κ3) is 5.27. The number of hydrogen-bond donors (Lipinski definition) is 1. The molecule has 0 aliphatic rings. The van der Waals surface area contributed by atoms with Gasteiger partial charge in [0.15, 0.2) is 22.6 Å². The van der Waals surface area contributed by atoms with E-state index in [9.17, 15) is 13.6 Å². The summed E-state index contributed by atoms with van der Waals surface area (Å²) in [7, 11) is 3.16. The predicted octanol–water partition coefficient (Wildman–Crippen LogP) is 5.35. The van der Waals surface area contributed by atoms with Crippen LogP contribution in [0.2, 0.25) is 0 Å². The van der Waals surface area contributed by atoms with Crippen LogP contribution in [0.4, 0.5) is 14.5 Å². The number of aromatic nitrogens is 3. The highest BCUT2D eigenvalue weighted by Gasteiger charge is 2.23. The van der Waals surface area contributed by atoms with Gasteiger partial charge in [-0.2, -0.15) is 0 Å². The summed E-state index contributed by atoms with van der Waals surface area (Å²) in [6.07, 6.45) is 0. The van der Waals surface area contributed by atoms with Crippen LogP contribution < -0.4 is 14.8 Å². The van der Waals surface area contributed by atoms with Crippen molar-refractivity contribution in [2.75, 3.05) is 19.5 Å². The van der Waals surface area contributed by atoms with Crippen LogP contribution in [-0.4, -0.2) is 40.1 Å². The lowest BCUT2D eigenvalue weighted by molar-refractivity contribution is -0.115. The van der Waals surface area contributed by atoms with Crippen LogP contribution in [0.15, 0.2) is 71.9 Å². The molecule has 1 unspecified atom stereocenters. The number of anilines is 1. The number of benzene rings is 3. The maximum Gasteiger partial charge on any atom is 0.237 e. The molecule has 4 rings (SSSR count). The van der Waals surface area contributed by atoms with Gasteiger partial charge in [0.1, 0.15) is 11.5 Å². The molecule has 0 radical (unpaired) electrons. The first-order chi connectivity index (χ1) is 16.9. The average molecular weight is 497 g/mol. The fourth-order valence-corrected chi connectivity index (χ4v) is 4.21. The standard InChI is InChI=1S/C25H22F2N4O3S/c1-15(24(32)28-16-8-13-20(26)21(27)14-16)35-25-30-29-23(19-6-4-5-7-22(19)34-3)31(25)17-9-11-18(33-2)12-10-17/h4-15H,1-3H3,(H,28,32). The molecule has 7 nitrogen and oxygen atoms in total. The molecule has 0 spiro atoms. The summed E-state index contributed by atoms with van der Waals surface area (Å²) in [6, 6.07) is 18.0. The number of carbonyl (C=O) groups excluding carboxylic acids is 1. The fraction of sp³-hybridized carbons (Fsp3) is 0.160. The summed E-state index contributed by atoms with van der Waals surface area (Å²) in [5.41, 5.74) is 1.64. The Kier molecular flexibility index (Phi) is 7.31. The van der Waals surface area contributed by atoms with Crippen molar-refractivity contribution in [1.29, 1.82) is 0 Å². The van der Waals surface area contributed by atoms with Gasteiger partial charge in [0, 0.05) is 11.8 Å². The monoisotopic (exact) mass is 496 g/mol. The maximum absolute atomic E-state index is 13.5. The summed E-state index contributed by atoms with van der Waals surface area (Å²) in [5, 5.41) is 11.2. The van der Waals surface area contributed by atoms with Gasteiger partial charge < -0.3 is 14.8 Å². The van der Waals surface area contributed by atoms with Gasteiger partial charge in [-0.15, -0.1) is 10.2 Å². The minimum Gasteiger partial charge on any atom is -0.497 e. The molecular formula is C25H22F2N4O3S. The van der Waals surface area contributed by atoms with Crippen molar-refractivity contribution in [1.82, 2.24) is 14.8 Å². The van der Waals surface area contributed by atoms with Crippen LogP contribution >= 0.6 is 11.8 Å². The zero-order chi connectivity index (χ0) is 24.9. The summed E-state index contributed by atoms with van der Waals surface area (Å²) in [5.74, 6) is -0.581. The van der Waals surface area contributed by atoms with E-state index in [2.05, 4.69) is 15.5 Å². The number of para-hydroxylation sites is 1. The smallest absolute Gasteiger partial charge is 0.237 e. The summed E-state index contributed by atoms with van der Waals surface area (Å²) in [6.45, 7) is 1.69. The van der Waals surface area contributed by atoms with Crippen LogP contribution in [0.3, 0.4) is 0 Å². The SMILES string of the molecule is COc1ccc(-n2c(SC(C)C(=O)Nc3ccc(F)c(F)c3)nnc2-c2ccccc2OC)cc1. The Morgan fingerprint density at radius 3 is 2.40 bits per heavy atom. The van der Waals surface area contributed by atoms with Crippen molar-refractivity contribution in [3.05, 3.63) is 78.4 Å². The molecule has 3 aromatic carbocycles. The molecule has 0 bridgehead atoms. The fourth-order valence-electron chi connectivity index (χ4n) is 3.34. The van der Waals surface area contributed by atoms with Crippen molar-refractivity contribution in [2.24, 2.45) is 0 Å². The quantitative estimate of drug-likeness (QED) is 0.332. The van der Waals surface area contributed by atoms with Crippen LogP contribution in [0.5, 0.6) is 11.5 Å². The van der Waals surface area contributed by atoms with E-state index >= 15 is 0 Å². The first kappa shape index (κ1) is 24.2. The molecule has 1 amide bonds. The number of nitrogens with one attached hydrogen (secondary N) is 1. The third-order valence-electron chi connectivity index (χ3n) is 5.15. The number of methoxy groups -OCH3 is 2. The van der Waals surface area contributed by atoms with E-state index in [1.165, 1.54) is 17.8 Å². The van der Waals surface area contributed by atoms with Gasteiger partial charge in [0.25, 0.3) is 0 Å². The molecule has 10 heteroatoms. The predicted molar refractivity (Wildman–Crippen MR) is 130 cm³/mol. The number of thioether (sulfide) groups is 1. The van der Waals surface area contributed by atoms with Gasteiger partial charge in [-0.3, -0.25) is 9.36 Å². The van der Waals surface area contributed by atoms with E-state index in [1.54, 1.807) is 21.1 Å². The first-order valence-electron chi connectivity index (χ1n) is 10.6. The van der Waals surface area contributed by atoms with E-state index in [0.29, 0.717) is 22.5 Å². The highest BCUT2D eigenvalue weighted by molar-refractivity contribution is 8.00. The van der Waals surface area contributed by atoms with Crippen molar-refractivity contribution in [2.45, 2.75) is 17.3 Å². The van der Waals surface area contributed by atoms with E-state index in [1.807, 2.05) is 53.1 Å². The van der Waals surface area contributed by atoms with E-state index in [-0.39, 0.29) is 5.69 Å². The minimum absolute atomic E-state index is 0.160. The second kappa shape index (κ2) is 10.6. The van der Waals surface area contributed by atoms with Crippen molar-refractivity contribution in [3.63, 3.8) is 0 Å². The normalized spacial score (nSPS) is 11.7. The number of rotatable bonds is 8.